The number of methoxy groups -OCH3 is 2. The van der Waals surface area contributed by atoms with E-state index in [9.17, 15) is 21.6 Å². The first-order valence-corrected chi connectivity index (χ1v) is 10.8. The number of hydrogen-bond acceptors (Lipinski definition) is 6. The lowest BCUT2D eigenvalue weighted by atomic mass is 10.0. The van der Waals surface area contributed by atoms with E-state index in [0.717, 1.165) is 12.1 Å². The van der Waals surface area contributed by atoms with Crippen LogP contribution in [0.2, 0.25) is 0 Å². The summed E-state index contributed by atoms with van der Waals surface area (Å²) >= 11 is 0. The molecule has 0 amide bonds. The first-order valence-electron chi connectivity index (χ1n) is 9.28. The third-order valence-electron chi connectivity index (χ3n) is 5.03. The maximum absolute atomic E-state index is 13.0. The van der Waals surface area contributed by atoms with Gasteiger partial charge in [0, 0.05) is 19.7 Å². The molecule has 0 aliphatic carbocycles. The Balaban J connectivity index is 1.84. The van der Waals surface area contributed by atoms with E-state index in [1.54, 1.807) is 25.2 Å². The molecule has 1 aliphatic heterocycles. The zero-order valence-electron chi connectivity index (χ0n) is 17.1. The van der Waals surface area contributed by atoms with Gasteiger partial charge < -0.3 is 9.47 Å². The second-order valence-corrected chi connectivity index (χ2v) is 9.02. The summed E-state index contributed by atoms with van der Waals surface area (Å²) in [7, 11) is 0.623. The van der Waals surface area contributed by atoms with Gasteiger partial charge in [0.1, 0.15) is 16.7 Å². The summed E-state index contributed by atoms with van der Waals surface area (Å²) in [6.07, 6.45) is -4.51. The highest BCUT2D eigenvalue weighted by atomic mass is 32.2. The summed E-state index contributed by atoms with van der Waals surface area (Å²) in [5.41, 5.74) is -0.0367. The Bertz CT molecular complexity index is 1010. The fourth-order valence-electron chi connectivity index (χ4n) is 3.43. The van der Waals surface area contributed by atoms with Crippen LogP contribution in [-0.4, -0.2) is 46.6 Å². The van der Waals surface area contributed by atoms with E-state index >= 15 is 0 Å². The smallest absolute Gasteiger partial charge is 0.416 e. The molecule has 31 heavy (non-hydrogen) atoms. The fourth-order valence-corrected chi connectivity index (χ4v) is 4.92. The van der Waals surface area contributed by atoms with Crippen LogP contribution in [0.15, 0.2) is 42.5 Å². The molecule has 1 saturated heterocycles. The maximum atomic E-state index is 13.0. The van der Waals surface area contributed by atoms with Crippen LogP contribution in [-0.2, 0) is 27.6 Å². The molecule has 0 bridgehead atoms. The van der Waals surface area contributed by atoms with Crippen molar-refractivity contribution in [3.63, 3.8) is 0 Å². The van der Waals surface area contributed by atoms with Gasteiger partial charge in [-0.2, -0.15) is 18.2 Å². The molecule has 1 fully saturated rings. The number of hydroxylamine groups is 2. The Morgan fingerprint density at radius 1 is 1.13 bits per heavy atom. The van der Waals surface area contributed by atoms with Crippen molar-refractivity contribution in [3.05, 3.63) is 59.2 Å². The third kappa shape index (κ3) is 5.29. The number of rotatable bonds is 7. The van der Waals surface area contributed by atoms with Crippen LogP contribution in [0.1, 0.15) is 22.7 Å². The molecule has 1 N–H and O–H groups in total. The van der Waals surface area contributed by atoms with E-state index in [1.165, 1.54) is 31.4 Å². The molecule has 2 aromatic rings. The van der Waals surface area contributed by atoms with Crippen molar-refractivity contribution in [3.8, 4) is 11.5 Å². The molecule has 7 nitrogen and oxygen atoms in total. The molecule has 3 rings (SSSR count). The van der Waals surface area contributed by atoms with Crippen LogP contribution in [0.3, 0.4) is 0 Å². The van der Waals surface area contributed by atoms with Gasteiger partial charge in [0.05, 0.1) is 32.4 Å². The topological polar surface area (TPSA) is 77.1 Å². The molecule has 2 aromatic carbocycles. The average molecular weight is 460 g/mol. The largest absolute Gasteiger partial charge is 0.497 e. The monoisotopic (exact) mass is 460 g/mol. The molecule has 1 heterocycles. The molecule has 11 heteroatoms. The summed E-state index contributed by atoms with van der Waals surface area (Å²) in [5.74, 6) is 0.977. The van der Waals surface area contributed by atoms with E-state index < -0.39 is 33.1 Å². The van der Waals surface area contributed by atoms with E-state index in [4.69, 9.17) is 14.3 Å². The van der Waals surface area contributed by atoms with Crippen molar-refractivity contribution in [1.82, 2.24) is 9.79 Å². The van der Waals surface area contributed by atoms with E-state index in [0.29, 0.717) is 17.1 Å². The quantitative estimate of drug-likeness (QED) is 0.684. The first-order chi connectivity index (χ1) is 14.5. The Labute approximate surface area is 178 Å². The van der Waals surface area contributed by atoms with Crippen LogP contribution < -0.4 is 14.2 Å². The van der Waals surface area contributed by atoms with Crippen molar-refractivity contribution >= 4 is 10.0 Å². The fraction of sp³-hybridized carbons (Fsp3) is 0.400. The molecule has 0 aromatic heterocycles. The Hall–Kier alpha value is -2.34. The minimum atomic E-state index is -4.51. The highest BCUT2D eigenvalue weighted by molar-refractivity contribution is 7.90. The molecule has 0 saturated carbocycles. The number of nitrogens with zero attached hydrogens (tertiary/aromatic N) is 1. The van der Waals surface area contributed by atoms with Crippen LogP contribution in [0.4, 0.5) is 13.2 Å². The van der Waals surface area contributed by atoms with Gasteiger partial charge in [-0.05, 0) is 29.3 Å². The predicted molar refractivity (Wildman–Crippen MR) is 107 cm³/mol. The standard InChI is InChI=1S/C20H23F3N2O5S/c1-25-19(14-8-16(28-2)10-17(9-14)29-3)18(12-30-25)31(26,27)24-11-13-5-4-6-15(7-13)20(21,22)23/h4-10,18-19,24H,11-12H2,1-3H3/t18-,19-/m0/s1. The molecule has 2 atom stereocenters. The van der Waals surface area contributed by atoms with Crippen molar-refractivity contribution in [2.75, 3.05) is 27.9 Å². The van der Waals surface area contributed by atoms with Gasteiger partial charge in [-0.3, -0.25) is 4.84 Å². The summed E-state index contributed by atoms with van der Waals surface area (Å²) in [5, 5.41) is 0.433. The van der Waals surface area contributed by atoms with Gasteiger partial charge in [0.25, 0.3) is 0 Å². The summed E-state index contributed by atoms with van der Waals surface area (Å²) in [6, 6.07) is 8.89. The van der Waals surface area contributed by atoms with E-state index in [2.05, 4.69) is 4.72 Å². The number of ether oxygens (including phenoxy) is 2. The SMILES string of the molecule is COc1cc(OC)cc([C@H]2[C@@H](S(=O)(=O)NCc3cccc(C(F)(F)F)c3)CON2C)c1. The Morgan fingerprint density at radius 3 is 2.35 bits per heavy atom. The van der Waals surface area contributed by atoms with Gasteiger partial charge in [0.2, 0.25) is 10.0 Å². The van der Waals surface area contributed by atoms with Crippen LogP contribution >= 0.6 is 0 Å². The minimum absolute atomic E-state index is 0.112. The first kappa shape index (κ1) is 23.3. The van der Waals surface area contributed by atoms with Crippen LogP contribution in [0, 0.1) is 0 Å². The van der Waals surface area contributed by atoms with E-state index in [1.807, 2.05) is 0 Å². The van der Waals surface area contributed by atoms with Gasteiger partial charge in [-0.25, -0.2) is 13.1 Å². The minimum Gasteiger partial charge on any atom is -0.497 e. The molecular formula is C20H23F3N2O5S. The average Bonchev–Trinajstić information content (AvgIpc) is 3.14. The van der Waals surface area contributed by atoms with Crippen LogP contribution in [0.25, 0.3) is 0 Å². The second kappa shape index (κ2) is 9.03. The number of alkyl halides is 3. The van der Waals surface area contributed by atoms with Crippen molar-refractivity contribution in [2.45, 2.75) is 24.0 Å². The summed E-state index contributed by atoms with van der Waals surface area (Å²) in [4.78, 5) is 5.47. The van der Waals surface area contributed by atoms with Crippen LogP contribution in [0.5, 0.6) is 11.5 Å². The lowest BCUT2D eigenvalue weighted by Gasteiger charge is -2.24. The third-order valence-corrected chi connectivity index (χ3v) is 6.77. The van der Waals surface area contributed by atoms with Crippen molar-refractivity contribution in [2.24, 2.45) is 0 Å². The molecule has 0 unspecified atom stereocenters. The van der Waals surface area contributed by atoms with Crippen molar-refractivity contribution in [1.29, 1.82) is 0 Å². The number of nitrogens with one attached hydrogen (secondary N) is 1. The maximum Gasteiger partial charge on any atom is 0.416 e. The zero-order chi connectivity index (χ0) is 22.8. The normalized spacial score (nSPS) is 20.1. The highest BCUT2D eigenvalue weighted by Gasteiger charge is 2.43. The van der Waals surface area contributed by atoms with Crippen molar-refractivity contribution < 1.29 is 35.9 Å². The summed E-state index contributed by atoms with van der Waals surface area (Å²) in [6.45, 7) is -0.390. The molecular weight excluding hydrogens is 437 g/mol. The number of benzene rings is 2. The van der Waals surface area contributed by atoms with Gasteiger partial charge in [0.15, 0.2) is 0 Å². The zero-order valence-corrected chi connectivity index (χ0v) is 18.0. The Morgan fingerprint density at radius 2 is 1.77 bits per heavy atom. The molecule has 1 aliphatic rings. The lowest BCUT2D eigenvalue weighted by Crippen LogP contribution is -2.39. The van der Waals surface area contributed by atoms with Gasteiger partial charge in [-0.15, -0.1) is 0 Å². The number of hydrogen-bond donors (Lipinski definition) is 1. The van der Waals surface area contributed by atoms with Gasteiger partial charge >= 0.3 is 6.18 Å². The predicted octanol–water partition coefficient (Wildman–Crippen LogP) is 3.13. The lowest BCUT2D eigenvalue weighted by molar-refractivity contribution is -0.137. The molecule has 0 radical (unpaired) electrons. The highest BCUT2D eigenvalue weighted by Crippen LogP contribution is 2.37. The number of sulfonamides is 1. The van der Waals surface area contributed by atoms with E-state index in [-0.39, 0.29) is 18.7 Å². The number of halogens is 3. The van der Waals surface area contributed by atoms with Gasteiger partial charge in [-0.1, -0.05) is 18.2 Å². The second-order valence-electron chi connectivity index (χ2n) is 7.04. The molecule has 0 spiro atoms. The molecule has 170 valence electrons. The Kier molecular flexibility index (Phi) is 6.79. The summed E-state index contributed by atoms with van der Waals surface area (Å²) < 4.78 is 77.7.